The molecular weight excluding hydrogens is 2070 g/mol. The third-order valence-corrected chi connectivity index (χ3v) is 25.6. The fraction of sp³-hybridized carbons (Fsp3) is 0.473. The molecule has 14 aliphatic heterocycles. The van der Waals surface area contributed by atoms with E-state index in [2.05, 4.69) is 74.1 Å². The lowest BCUT2D eigenvalue weighted by Crippen LogP contribution is -2.52. The Morgan fingerprint density at radius 3 is 0.978 bits per heavy atom. The van der Waals surface area contributed by atoms with Crippen LogP contribution in [0.15, 0.2) is 190 Å². The lowest BCUT2D eigenvalue weighted by atomic mass is 9.86. The van der Waals surface area contributed by atoms with Gasteiger partial charge in [-0.1, -0.05) is 124 Å². The maximum Gasteiger partial charge on any atom is 0.250 e. The van der Waals surface area contributed by atoms with Gasteiger partial charge in [-0.05, 0) is 61.4 Å². The average molecular weight is 2170 g/mol. The van der Waals surface area contributed by atoms with Gasteiger partial charge in [0.25, 0.3) is 0 Å². The zero-order chi connectivity index (χ0) is 103. The van der Waals surface area contributed by atoms with E-state index in [9.17, 15) is 115 Å². The molecular formula is C93H97F8I2N7O28. The van der Waals surface area contributed by atoms with Crippen LogP contribution in [0.1, 0.15) is 85.5 Å². The first-order chi connectivity index (χ1) is 64.9. The first-order valence-electron chi connectivity index (χ1n) is 41.9. The van der Waals surface area contributed by atoms with Crippen LogP contribution in [-0.2, 0) is 100 Å². The smallest absolute Gasteiger partial charge is 0.250 e. The Labute approximate surface area is 812 Å². The number of alkyl halides is 10. The van der Waals surface area contributed by atoms with Crippen LogP contribution < -0.4 is 0 Å². The number of carbonyl (C=O) groups is 14. The molecule has 0 aromatic carbocycles. The van der Waals surface area contributed by atoms with Gasteiger partial charge < -0.3 is 68.9 Å². The summed E-state index contributed by atoms with van der Waals surface area (Å²) in [4.78, 5) is 167. The number of halogens is 10. The second-order valence-electron chi connectivity index (χ2n) is 32.5. The molecule has 35 nitrogen and oxygen atoms in total. The van der Waals surface area contributed by atoms with E-state index in [1.807, 2.05) is 36.4 Å². The highest BCUT2D eigenvalue weighted by molar-refractivity contribution is 14.1. The Bertz CT molecular complexity index is 5110. The van der Waals surface area contributed by atoms with E-state index in [1.165, 1.54) is 47.8 Å². The molecule has 0 spiro atoms. The van der Waals surface area contributed by atoms with Crippen LogP contribution in [0.3, 0.4) is 0 Å². The van der Waals surface area contributed by atoms with Crippen LogP contribution in [0.25, 0.3) is 0 Å². The summed E-state index contributed by atoms with van der Waals surface area (Å²) in [6, 6.07) is 0. The third kappa shape index (κ3) is 22.8. The van der Waals surface area contributed by atoms with E-state index >= 15 is 13.2 Å². The zero-order valence-electron chi connectivity index (χ0n) is 74.1. The molecule has 27 atom stereocenters. The second kappa shape index (κ2) is 46.3. The molecule has 7 fully saturated rings. The van der Waals surface area contributed by atoms with Crippen molar-refractivity contribution in [3.05, 3.63) is 190 Å². The van der Waals surface area contributed by atoms with Crippen molar-refractivity contribution in [1.29, 1.82) is 0 Å². The monoisotopic (exact) mass is 2170 g/mol. The van der Waals surface area contributed by atoms with Gasteiger partial charge in [0.2, 0.25) is 87.4 Å². The number of allylic oxidation sites excluding steroid dienone is 7. The first kappa shape index (κ1) is 112. The van der Waals surface area contributed by atoms with E-state index in [0.717, 1.165) is 103 Å². The largest absolute Gasteiger partial charge is 0.468 e. The molecule has 0 unspecified atom stereocenters. The summed E-state index contributed by atoms with van der Waals surface area (Å²) in [7, 11) is 0. The Morgan fingerprint density at radius 2 is 0.652 bits per heavy atom. The average Bonchev–Trinajstić information content (AvgIpc) is 1.57. The Morgan fingerprint density at radius 1 is 0.384 bits per heavy atom. The number of rotatable bonds is 18. The summed E-state index contributed by atoms with van der Waals surface area (Å²) in [5.41, 5.74) is -5.08. The number of aliphatic hydroxyl groups is 7. The highest BCUT2D eigenvalue weighted by Crippen LogP contribution is 2.50. The number of ketones is 7. The minimum atomic E-state index is -2.72. The molecule has 0 saturated carbocycles. The zero-order valence-corrected chi connectivity index (χ0v) is 78.5. The maximum absolute atomic E-state index is 15.3. The van der Waals surface area contributed by atoms with Gasteiger partial charge in [0, 0.05) is 84.0 Å². The van der Waals surface area contributed by atoms with Crippen molar-refractivity contribution in [2.45, 2.75) is 236 Å². The Kier molecular flexibility index (Phi) is 37.6. The lowest BCUT2D eigenvalue weighted by Gasteiger charge is -2.33. The van der Waals surface area contributed by atoms with Gasteiger partial charge in [-0.15, -0.1) is 41.5 Å². The van der Waals surface area contributed by atoms with Gasteiger partial charge in [0.15, 0.2) is 95.7 Å². The SMILES string of the molecule is C#C[C@@]1(F)[C@H](C)[C@@H](CC)O[C@H]1N1C=CC(=O)CC1=O.C#C[C@@]1(F)[C@H](O)[C@@H](CO)O[C@H]1N1C=CC(=O)CC1=O.C=C=C[C@@]1(F)[C@H](C)[C@@H](CC)O[C@H]1N1C=CC(=O)CC1=O.C=C=C[C@@]1(F)[C@H](O)C(=C)O[C@H]1N1C=CC(=O)CC1=O.C=C=C[C@@]1(F)[C@H](O)[C@@H](CI)O[C@H]1N1C=CC(=O)CC1=O.C=C=C[C@@]1(F)[C@H](O)[C@@H](CO)O[C@H]1N1C=CC(=O)CC1=O.C=C=C[C@]1(F)[C@H](N2C=CC(=O)CC2=O)O[C@](F)(CI)[C@H]1O. The molecule has 0 aromatic heterocycles. The summed E-state index contributed by atoms with van der Waals surface area (Å²) in [6.07, 6.45) is 7.72. The van der Waals surface area contributed by atoms with Gasteiger partial charge in [0.1, 0.15) is 36.3 Å². The van der Waals surface area contributed by atoms with Gasteiger partial charge in [-0.3, -0.25) is 101 Å². The molecule has 7 N–H and O–H groups in total. The number of hydrogen-bond acceptors (Lipinski definition) is 28. The molecule has 0 aromatic rings. The quantitative estimate of drug-likeness (QED) is 0.0251. The molecule has 14 heterocycles. The normalized spacial score (nSPS) is 37.5. The van der Waals surface area contributed by atoms with E-state index < -0.39 is 241 Å². The van der Waals surface area contributed by atoms with Crippen molar-refractivity contribution in [2.75, 3.05) is 22.1 Å². The summed E-state index contributed by atoms with van der Waals surface area (Å²) in [6.45, 7) is 25.7. The molecule has 14 aliphatic rings. The molecule has 45 heteroatoms. The molecule has 7 saturated heterocycles. The standard InChI is InChI=1S/C15H18FNO3.C14H16FNO3.C13H12F2INO4.C13H13FINO4.C13H14FNO5.C13H12FNO4.C12H12FNO5/c1-4-7-15(16)10(3)12(5-2)20-14(15)17-8-6-11(18)9-13(17)19;1-4-11-9(3)14(15,5-2)13(19-11)16-7-6-10(17)8-12(16)18;1-2-4-12(14)10(20)13(15,7-16)21-11(12)17-5-3-8(18)6-9(17)19;1-2-4-13(14)11(19)9(7-15)20-12(13)16-5-3-8(17)6-10(16)18;1-2-4-13(14)11(19)9(7-16)20-12(13)15-5-3-8(17)6-10(15)18;1-3-5-13(14)11(18)8(2)19-12(13)15-6-4-9(16)7-10(15)17;1-2-12(13)10(18)8(6-15)19-11(12)14-4-3-7(16)5-9(14)17/h6-8,10,12,14H,1,5,9H2,2-3H3;2,6-7,9,11,13H,4,8H2,1,3H3;3-5,10-11,20H,1,6-7H2;3-5,9,11-12,19H,1,6-7H2;3-5,9,11-12,16,19H,1,6-7H2;4-6,11-12,18H,1-2,7H2;1,3-4,8,10-11,15,18H,5-6H2/t10-,12-,14-,15-;9-,11-,13-,14-;10-,11+,12+,13+;2*9-,11-,12-,13-;11-,12-,13-;8-,10-,11-,12-/m1101111/s1. The minimum Gasteiger partial charge on any atom is -0.468 e. The van der Waals surface area contributed by atoms with Crippen LogP contribution >= 0.6 is 45.2 Å². The highest BCUT2D eigenvalue weighted by atomic mass is 127. The molecule has 0 bridgehead atoms. The van der Waals surface area contributed by atoms with Crippen LogP contribution in [0.4, 0.5) is 35.1 Å². The van der Waals surface area contributed by atoms with Crippen LogP contribution in [0.2, 0.25) is 0 Å². The number of aliphatic hydroxyl groups excluding tert-OH is 7. The predicted octanol–water partition coefficient (Wildman–Crippen LogP) is 4.31. The predicted molar refractivity (Wildman–Crippen MR) is 479 cm³/mol. The summed E-state index contributed by atoms with van der Waals surface area (Å²) in [5, 5.41) is 67.4. The third-order valence-electron chi connectivity index (χ3n) is 23.7. The maximum atomic E-state index is 15.3. The van der Waals surface area contributed by atoms with Crippen LogP contribution in [0.5, 0.6) is 0 Å². The molecule has 7 amide bonds. The summed E-state index contributed by atoms with van der Waals surface area (Å²) < 4.78 is 156. The number of ether oxygens (including phenoxy) is 7. The van der Waals surface area contributed by atoms with Crippen molar-refractivity contribution in [1.82, 2.24) is 34.3 Å². The van der Waals surface area contributed by atoms with Crippen LogP contribution in [0, 0.1) is 36.5 Å². The second-order valence-corrected chi connectivity index (χ2v) is 34.2. The fourth-order valence-corrected chi connectivity index (χ4v) is 17.4. The molecule has 0 aliphatic carbocycles. The van der Waals surface area contributed by atoms with Gasteiger partial charge in [-0.25, -0.2) is 35.1 Å². The van der Waals surface area contributed by atoms with E-state index in [4.69, 9.17) is 56.2 Å². The van der Waals surface area contributed by atoms with Gasteiger partial charge >= 0.3 is 0 Å². The lowest BCUT2D eigenvalue weighted by molar-refractivity contribution is -0.182. The topological polar surface area (TPSA) is 468 Å². The summed E-state index contributed by atoms with van der Waals surface area (Å²) >= 11 is 3.57. The van der Waals surface area contributed by atoms with Crippen molar-refractivity contribution in [3.63, 3.8) is 0 Å². The van der Waals surface area contributed by atoms with Gasteiger partial charge in [0.05, 0.1) is 80.9 Å². The van der Waals surface area contributed by atoms with Gasteiger partial charge in [-0.2, -0.15) is 0 Å². The molecule has 138 heavy (non-hydrogen) atoms. The van der Waals surface area contributed by atoms with Crippen LogP contribution in [-0.4, -0.2) is 324 Å². The van der Waals surface area contributed by atoms with Crippen molar-refractivity contribution in [2.24, 2.45) is 11.8 Å². The van der Waals surface area contributed by atoms with Crippen molar-refractivity contribution >= 4 is 127 Å². The molecule has 742 valence electrons. The number of terminal acetylenes is 2. The molecule has 14 rings (SSSR count). The number of carbonyl (C=O) groups excluding carboxylic acids is 14. The van der Waals surface area contributed by atoms with Crippen molar-refractivity contribution < 1.29 is 171 Å². The first-order valence-corrected chi connectivity index (χ1v) is 44.9. The fourth-order valence-electron chi connectivity index (χ4n) is 16.1. The number of hydrogen-bond donors (Lipinski definition) is 7. The highest BCUT2D eigenvalue weighted by Gasteiger charge is 2.68. The number of amides is 7. The summed E-state index contributed by atoms with van der Waals surface area (Å²) in [5.74, 6) is -6.64. The minimum absolute atomic E-state index is 0.197. The van der Waals surface area contributed by atoms with Crippen molar-refractivity contribution in [3.8, 4) is 24.7 Å². The van der Waals surface area contributed by atoms with E-state index in [1.54, 1.807) is 42.4 Å². The van der Waals surface area contributed by atoms with E-state index in [-0.39, 0.29) is 71.2 Å². The number of nitrogens with zero attached hydrogens (tertiary/aromatic N) is 7. The Hall–Kier alpha value is -11.2. The molecule has 0 radical (unpaired) electrons. The van der Waals surface area contributed by atoms with E-state index in [0.29, 0.717) is 17.3 Å². The Balaban J connectivity index is 0.000000198.